The van der Waals surface area contributed by atoms with E-state index in [1.807, 2.05) is 31.2 Å². The van der Waals surface area contributed by atoms with Crippen LogP contribution in [0.5, 0.6) is 0 Å². The van der Waals surface area contributed by atoms with E-state index in [4.69, 9.17) is 0 Å². The average Bonchev–Trinajstić information content (AvgIpc) is 2.95. The van der Waals surface area contributed by atoms with Gasteiger partial charge < -0.3 is 0 Å². The SMILES string of the molecule is Cc1ccccc1-c1cnc(NC(=O)c2c(F)cccc2F)[se]1. The van der Waals surface area contributed by atoms with Gasteiger partial charge in [-0.1, -0.05) is 0 Å². The Hall–Kier alpha value is -2.30. The number of halogens is 2. The number of benzene rings is 2. The van der Waals surface area contributed by atoms with Gasteiger partial charge in [-0.2, -0.15) is 0 Å². The van der Waals surface area contributed by atoms with Crippen molar-refractivity contribution in [2.75, 3.05) is 5.32 Å². The second-order valence-corrected chi connectivity index (χ2v) is 7.06. The molecule has 3 aromatic rings. The molecular formula is C17H12F2N2OSe. The van der Waals surface area contributed by atoms with Gasteiger partial charge in [0.1, 0.15) is 0 Å². The predicted octanol–water partition coefficient (Wildman–Crippen LogP) is 3.64. The zero-order chi connectivity index (χ0) is 16.4. The van der Waals surface area contributed by atoms with Crippen LogP contribution in [0.15, 0.2) is 48.7 Å². The van der Waals surface area contributed by atoms with Crippen LogP contribution in [-0.2, 0) is 0 Å². The van der Waals surface area contributed by atoms with Crippen LogP contribution in [0.25, 0.3) is 10.0 Å². The van der Waals surface area contributed by atoms with Crippen LogP contribution in [0, 0.1) is 18.6 Å². The number of anilines is 1. The maximum absolute atomic E-state index is 13.6. The zero-order valence-corrected chi connectivity index (χ0v) is 13.9. The summed E-state index contributed by atoms with van der Waals surface area (Å²) in [6.07, 6.45) is 1.69. The third-order valence-corrected chi connectivity index (χ3v) is 5.31. The first-order valence-electron chi connectivity index (χ1n) is 6.83. The first-order chi connectivity index (χ1) is 11.1. The molecule has 0 spiro atoms. The third kappa shape index (κ3) is 3.23. The van der Waals surface area contributed by atoms with Crippen molar-refractivity contribution in [1.82, 2.24) is 4.98 Å². The Bertz CT molecular complexity index is 856. The maximum atomic E-state index is 13.6. The zero-order valence-electron chi connectivity index (χ0n) is 12.1. The van der Waals surface area contributed by atoms with E-state index in [0.29, 0.717) is 4.69 Å². The summed E-state index contributed by atoms with van der Waals surface area (Å²) < 4.78 is 28.7. The van der Waals surface area contributed by atoms with Crippen LogP contribution >= 0.6 is 0 Å². The van der Waals surface area contributed by atoms with Crippen molar-refractivity contribution in [1.29, 1.82) is 0 Å². The fourth-order valence-electron chi connectivity index (χ4n) is 2.18. The van der Waals surface area contributed by atoms with E-state index < -0.39 is 23.1 Å². The van der Waals surface area contributed by atoms with Gasteiger partial charge in [-0.15, -0.1) is 0 Å². The normalized spacial score (nSPS) is 10.6. The fourth-order valence-corrected chi connectivity index (χ4v) is 4.07. The van der Waals surface area contributed by atoms with Crippen molar-refractivity contribution in [2.45, 2.75) is 6.92 Å². The Kier molecular flexibility index (Phi) is 4.37. The van der Waals surface area contributed by atoms with Crippen molar-refractivity contribution in [3.63, 3.8) is 0 Å². The Balaban J connectivity index is 1.85. The molecule has 2 aromatic carbocycles. The minimum atomic E-state index is -0.888. The molecule has 116 valence electrons. The van der Waals surface area contributed by atoms with E-state index in [9.17, 15) is 13.6 Å². The monoisotopic (exact) mass is 378 g/mol. The molecule has 0 fully saturated rings. The van der Waals surface area contributed by atoms with Crippen molar-refractivity contribution < 1.29 is 13.6 Å². The van der Waals surface area contributed by atoms with Gasteiger partial charge in [0, 0.05) is 0 Å². The molecule has 3 nitrogen and oxygen atoms in total. The van der Waals surface area contributed by atoms with E-state index in [1.165, 1.54) is 6.07 Å². The molecule has 3 rings (SSSR count). The summed E-state index contributed by atoms with van der Waals surface area (Å²) in [4.78, 5) is 16.2. The van der Waals surface area contributed by atoms with Crippen LogP contribution in [0.2, 0.25) is 0 Å². The van der Waals surface area contributed by atoms with E-state index in [2.05, 4.69) is 10.3 Å². The van der Waals surface area contributed by atoms with Gasteiger partial charge in [0.25, 0.3) is 0 Å². The first kappa shape index (κ1) is 15.6. The van der Waals surface area contributed by atoms with Crippen LogP contribution in [0.3, 0.4) is 0 Å². The molecule has 0 aliphatic carbocycles. The van der Waals surface area contributed by atoms with E-state index in [1.54, 1.807) is 6.20 Å². The molecule has 0 aliphatic rings. The Morgan fingerprint density at radius 2 is 1.78 bits per heavy atom. The Morgan fingerprint density at radius 1 is 1.09 bits per heavy atom. The van der Waals surface area contributed by atoms with Crippen LogP contribution in [0.1, 0.15) is 15.9 Å². The summed E-state index contributed by atoms with van der Waals surface area (Å²) in [6.45, 7) is 2.00. The van der Waals surface area contributed by atoms with Crippen molar-refractivity contribution in [3.8, 4) is 10.0 Å². The molecule has 6 heteroatoms. The molecule has 0 aliphatic heterocycles. The minimum absolute atomic E-state index is 0.219. The van der Waals surface area contributed by atoms with Crippen molar-refractivity contribution >= 4 is 25.1 Å². The molecule has 1 N–H and O–H groups in total. The predicted molar refractivity (Wildman–Crippen MR) is 85.7 cm³/mol. The van der Waals surface area contributed by atoms with Gasteiger partial charge >= 0.3 is 137 Å². The molecule has 0 saturated heterocycles. The van der Waals surface area contributed by atoms with Gasteiger partial charge in [-0.3, -0.25) is 0 Å². The number of nitrogens with one attached hydrogen (secondary N) is 1. The summed E-state index contributed by atoms with van der Waals surface area (Å²) in [5.74, 6) is -2.60. The number of rotatable bonds is 3. The standard InChI is InChI=1S/C17H12F2N2OSe/c1-10-5-2-3-6-11(10)14-9-20-17(23-14)21-16(22)15-12(18)7-4-8-13(15)19/h2-9H,1H3,(H,20,21,22). The van der Waals surface area contributed by atoms with Gasteiger partial charge in [-0.25, -0.2) is 0 Å². The van der Waals surface area contributed by atoms with Gasteiger partial charge in [0.2, 0.25) is 0 Å². The molecule has 0 radical (unpaired) electrons. The summed E-state index contributed by atoms with van der Waals surface area (Å²) in [7, 11) is 0. The summed E-state index contributed by atoms with van der Waals surface area (Å²) in [6, 6.07) is 11.2. The molecular weight excluding hydrogens is 365 g/mol. The molecule has 0 bridgehead atoms. The van der Waals surface area contributed by atoms with E-state index in [-0.39, 0.29) is 14.5 Å². The number of hydrogen-bond donors (Lipinski definition) is 1. The second-order valence-electron chi connectivity index (χ2n) is 4.90. The van der Waals surface area contributed by atoms with Gasteiger partial charge in [0.05, 0.1) is 0 Å². The first-order valence-corrected chi connectivity index (χ1v) is 8.55. The summed E-state index contributed by atoms with van der Waals surface area (Å²) in [5, 5.41) is 2.50. The van der Waals surface area contributed by atoms with Crippen molar-refractivity contribution in [3.05, 3.63) is 71.4 Å². The number of nitrogens with zero attached hydrogens (tertiary/aromatic N) is 1. The second kappa shape index (κ2) is 6.44. The number of carbonyl (C=O) groups is 1. The Labute approximate surface area is 137 Å². The molecule has 1 aromatic heterocycles. The molecule has 1 heterocycles. The summed E-state index contributed by atoms with van der Waals surface area (Å²) in [5.41, 5.74) is 1.59. The Morgan fingerprint density at radius 3 is 2.48 bits per heavy atom. The van der Waals surface area contributed by atoms with E-state index in [0.717, 1.165) is 27.7 Å². The number of hydrogen-bond acceptors (Lipinski definition) is 2. The molecule has 1 amide bonds. The summed E-state index contributed by atoms with van der Waals surface area (Å²) >= 11 is -0.219. The molecule has 0 unspecified atom stereocenters. The van der Waals surface area contributed by atoms with Gasteiger partial charge in [-0.05, 0) is 0 Å². The van der Waals surface area contributed by atoms with Crippen molar-refractivity contribution in [2.24, 2.45) is 0 Å². The number of aromatic nitrogens is 1. The average molecular weight is 377 g/mol. The van der Waals surface area contributed by atoms with E-state index >= 15 is 0 Å². The molecule has 0 saturated carbocycles. The molecule has 0 atom stereocenters. The number of amides is 1. The molecule has 23 heavy (non-hydrogen) atoms. The number of carbonyl (C=O) groups excluding carboxylic acids is 1. The van der Waals surface area contributed by atoms with Crippen LogP contribution in [-0.4, -0.2) is 25.4 Å². The van der Waals surface area contributed by atoms with Crippen LogP contribution < -0.4 is 5.32 Å². The van der Waals surface area contributed by atoms with Crippen LogP contribution in [0.4, 0.5) is 13.5 Å². The third-order valence-electron chi connectivity index (χ3n) is 3.33. The quantitative estimate of drug-likeness (QED) is 0.709. The fraction of sp³-hybridized carbons (Fsp3) is 0.0588. The topological polar surface area (TPSA) is 42.0 Å². The number of aryl methyl sites for hydroxylation is 1. The van der Waals surface area contributed by atoms with Gasteiger partial charge in [0.15, 0.2) is 0 Å².